The van der Waals surface area contributed by atoms with Gasteiger partial charge in [0.2, 0.25) is 0 Å². The minimum Gasteiger partial charge on any atom is -0.368 e. The molecule has 26 heavy (non-hydrogen) atoms. The van der Waals surface area contributed by atoms with Gasteiger partial charge in [-0.25, -0.2) is 0 Å². The van der Waals surface area contributed by atoms with E-state index in [-0.39, 0.29) is 30.3 Å². The molecular weight excluding hydrogens is 354 g/mol. The van der Waals surface area contributed by atoms with Gasteiger partial charge in [-0.15, -0.1) is 12.4 Å². The Bertz CT molecular complexity index is 603. The summed E-state index contributed by atoms with van der Waals surface area (Å²) in [6, 6.07) is 7.48. The molecule has 1 fully saturated rings. The molecule has 146 valence electrons. The van der Waals surface area contributed by atoms with E-state index in [4.69, 9.17) is 4.74 Å². The number of ether oxygens (including phenoxy) is 1. The van der Waals surface area contributed by atoms with Crippen molar-refractivity contribution in [2.75, 3.05) is 20.2 Å². The summed E-state index contributed by atoms with van der Waals surface area (Å²) in [6.07, 6.45) is 2.20. The van der Waals surface area contributed by atoms with Crippen LogP contribution in [0.5, 0.6) is 0 Å². The highest BCUT2D eigenvalue weighted by atomic mass is 35.5. The van der Waals surface area contributed by atoms with Crippen molar-refractivity contribution in [1.82, 2.24) is 16.0 Å². The second-order valence-corrected chi connectivity index (χ2v) is 6.61. The van der Waals surface area contributed by atoms with Crippen molar-refractivity contribution in [2.24, 2.45) is 0 Å². The highest BCUT2D eigenvalue weighted by Gasteiger charge is 2.39. The molecule has 2 amide bonds. The Morgan fingerprint density at radius 2 is 2.00 bits per heavy atom. The summed E-state index contributed by atoms with van der Waals surface area (Å²) >= 11 is 0. The van der Waals surface area contributed by atoms with Crippen LogP contribution in [0.3, 0.4) is 0 Å². The Balaban J connectivity index is 0.00000338. The van der Waals surface area contributed by atoms with E-state index in [1.165, 1.54) is 0 Å². The molecule has 1 aliphatic heterocycles. The van der Waals surface area contributed by atoms with Crippen molar-refractivity contribution in [3.05, 3.63) is 35.4 Å². The summed E-state index contributed by atoms with van der Waals surface area (Å²) in [4.78, 5) is 24.8. The van der Waals surface area contributed by atoms with Crippen LogP contribution in [0.25, 0.3) is 0 Å². The van der Waals surface area contributed by atoms with Gasteiger partial charge >= 0.3 is 0 Å². The molecule has 2 rings (SSSR count). The number of hydrogen-bond donors (Lipinski definition) is 3. The smallest absolute Gasteiger partial charge is 0.252 e. The molecule has 0 radical (unpaired) electrons. The van der Waals surface area contributed by atoms with Crippen molar-refractivity contribution < 1.29 is 14.3 Å². The van der Waals surface area contributed by atoms with E-state index in [1.807, 2.05) is 32.0 Å². The number of rotatable bonds is 7. The topological polar surface area (TPSA) is 79.5 Å². The van der Waals surface area contributed by atoms with Gasteiger partial charge < -0.3 is 20.7 Å². The van der Waals surface area contributed by atoms with Crippen molar-refractivity contribution in [2.45, 2.75) is 51.3 Å². The number of benzene rings is 1. The molecule has 0 bridgehead atoms. The minimum atomic E-state index is -0.753. The molecular formula is C19H30ClN3O3. The first-order valence-corrected chi connectivity index (χ1v) is 8.94. The van der Waals surface area contributed by atoms with E-state index < -0.39 is 5.60 Å². The minimum absolute atomic E-state index is 0. The van der Waals surface area contributed by atoms with Gasteiger partial charge in [0.1, 0.15) is 5.60 Å². The predicted octanol–water partition coefficient (Wildman–Crippen LogP) is 2.02. The second-order valence-electron chi connectivity index (χ2n) is 6.61. The van der Waals surface area contributed by atoms with Crippen molar-refractivity contribution in [3.63, 3.8) is 0 Å². The van der Waals surface area contributed by atoms with Gasteiger partial charge in [0.15, 0.2) is 0 Å². The summed E-state index contributed by atoms with van der Waals surface area (Å²) in [5, 5.41) is 9.14. The van der Waals surface area contributed by atoms with E-state index in [0.29, 0.717) is 24.9 Å². The number of carbonyl (C=O) groups is 2. The summed E-state index contributed by atoms with van der Waals surface area (Å²) in [6.45, 7) is 5.93. The molecule has 1 unspecified atom stereocenters. The van der Waals surface area contributed by atoms with Gasteiger partial charge in [0.05, 0.1) is 0 Å². The molecule has 7 heteroatoms. The number of halogens is 1. The fourth-order valence-corrected chi connectivity index (χ4v) is 2.93. The SMILES string of the molecule is CCC(C)NC(=O)c1cccc(CNC(=O)C2(OC)CCNCC2)c1.Cl. The average molecular weight is 384 g/mol. The van der Waals surface area contributed by atoms with E-state index in [1.54, 1.807) is 13.2 Å². The van der Waals surface area contributed by atoms with E-state index in [0.717, 1.165) is 25.1 Å². The molecule has 1 aliphatic rings. The van der Waals surface area contributed by atoms with Crippen LogP contribution in [0.1, 0.15) is 49.0 Å². The van der Waals surface area contributed by atoms with Crippen LogP contribution >= 0.6 is 12.4 Å². The zero-order valence-corrected chi connectivity index (χ0v) is 16.6. The first-order valence-electron chi connectivity index (χ1n) is 8.94. The number of nitrogens with one attached hydrogen (secondary N) is 3. The van der Waals surface area contributed by atoms with Crippen molar-refractivity contribution >= 4 is 24.2 Å². The number of hydrogen-bond acceptors (Lipinski definition) is 4. The Morgan fingerprint density at radius 1 is 1.31 bits per heavy atom. The predicted molar refractivity (Wildman–Crippen MR) is 105 cm³/mol. The Kier molecular flexibility index (Phi) is 9.05. The summed E-state index contributed by atoms with van der Waals surface area (Å²) in [7, 11) is 1.59. The van der Waals surface area contributed by atoms with Crippen molar-refractivity contribution in [1.29, 1.82) is 0 Å². The quantitative estimate of drug-likeness (QED) is 0.673. The molecule has 1 atom stereocenters. The third kappa shape index (κ3) is 5.69. The average Bonchev–Trinajstić information content (AvgIpc) is 2.66. The number of amides is 2. The monoisotopic (exact) mass is 383 g/mol. The number of piperidine rings is 1. The van der Waals surface area contributed by atoms with Gasteiger partial charge in [-0.1, -0.05) is 19.1 Å². The normalized spacial score (nSPS) is 16.9. The summed E-state index contributed by atoms with van der Waals surface area (Å²) < 4.78 is 5.53. The van der Waals surface area contributed by atoms with Gasteiger partial charge in [-0.2, -0.15) is 0 Å². The fourth-order valence-electron chi connectivity index (χ4n) is 2.93. The van der Waals surface area contributed by atoms with Gasteiger partial charge in [0, 0.05) is 25.3 Å². The Labute approximate surface area is 161 Å². The van der Waals surface area contributed by atoms with Crippen LogP contribution in [-0.2, 0) is 16.1 Å². The highest BCUT2D eigenvalue weighted by Crippen LogP contribution is 2.22. The maximum Gasteiger partial charge on any atom is 0.252 e. The molecule has 1 heterocycles. The highest BCUT2D eigenvalue weighted by molar-refractivity contribution is 5.94. The number of methoxy groups -OCH3 is 1. The fraction of sp³-hybridized carbons (Fsp3) is 0.579. The molecule has 1 aromatic rings. The maximum absolute atomic E-state index is 12.6. The van der Waals surface area contributed by atoms with E-state index >= 15 is 0 Å². The summed E-state index contributed by atoms with van der Waals surface area (Å²) in [5.41, 5.74) is 0.747. The molecule has 0 saturated carbocycles. The lowest BCUT2D eigenvalue weighted by Crippen LogP contribution is -2.53. The third-order valence-corrected chi connectivity index (χ3v) is 4.85. The largest absolute Gasteiger partial charge is 0.368 e. The second kappa shape index (κ2) is 10.5. The van der Waals surface area contributed by atoms with Gasteiger partial charge in [-0.05, 0) is 57.0 Å². The maximum atomic E-state index is 12.6. The first kappa shape index (κ1) is 22.4. The molecule has 6 nitrogen and oxygen atoms in total. The molecule has 3 N–H and O–H groups in total. The molecule has 0 spiro atoms. The lowest BCUT2D eigenvalue weighted by Gasteiger charge is -2.34. The molecule has 1 saturated heterocycles. The first-order chi connectivity index (χ1) is 12.0. The lowest BCUT2D eigenvalue weighted by molar-refractivity contribution is -0.146. The van der Waals surface area contributed by atoms with Gasteiger partial charge in [0.25, 0.3) is 11.8 Å². The zero-order valence-electron chi connectivity index (χ0n) is 15.8. The Hall–Kier alpha value is -1.63. The van der Waals surface area contributed by atoms with E-state index in [2.05, 4.69) is 16.0 Å². The van der Waals surface area contributed by atoms with E-state index in [9.17, 15) is 9.59 Å². The van der Waals surface area contributed by atoms with Crippen LogP contribution < -0.4 is 16.0 Å². The van der Waals surface area contributed by atoms with Crippen LogP contribution in [0.2, 0.25) is 0 Å². The molecule has 0 aromatic heterocycles. The number of carbonyl (C=O) groups excluding carboxylic acids is 2. The zero-order chi connectivity index (χ0) is 18.3. The lowest BCUT2D eigenvalue weighted by atomic mass is 9.91. The van der Waals surface area contributed by atoms with Gasteiger partial charge in [-0.3, -0.25) is 9.59 Å². The standard InChI is InChI=1S/C19H29N3O3.ClH/c1-4-14(2)22-17(23)16-7-5-6-15(12-16)13-21-18(24)19(25-3)8-10-20-11-9-19;/h5-7,12,14,20H,4,8-11,13H2,1-3H3,(H,21,24)(H,22,23);1H. The van der Waals surface area contributed by atoms with Crippen LogP contribution in [0.4, 0.5) is 0 Å². The Morgan fingerprint density at radius 3 is 2.62 bits per heavy atom. The van der Waals surface area contributed by atoms with Crippen LogP contribution in [-0.4, -0.2) is 43.7 Å². The molecule has 1 aromatic carbocycles. The van der Waals surface area contributed by atoms with Crippen molar-refractivity contribution in [3.8, 4) is 0 Å². The molecule has 0 aliphatic carbocycles. The van der Waals surface area contributed by atoms with Crippen LogP contribution in [0, 0.1) is 0 Å². The summed E-state index contributed by atoms with van der Waals surface area (Å²) in [5.74, 6) is -0.180. The third-order valence-electron chi connectivity index (χ3n) is 4.85. The van der Waals surface area contributed by atoms with Crippen LogP contribution in [0.15, 0.2) is 24.3 Å².